The fourth-order valence-electron chi connectivity index (χ4n) is 4.48. The fraction of sp³-hybridized carbons (Fsp3) is 0.333. The maximum Gasteiger partial charge on any atom is 0.261 e. The van der Waals surface area contributed by atoms with E-state index < -0.39 is 6.04 Å². The predicted molar refractivity (Wildman–Crippen MR) is 137 cm³/mol. The summed E-state index contributed by atoms with van der Waals surface area (Å²) in [7, 11) is 0. The van der Waals surface area contributed by atoms with Gasteiger partial charge in [0.15, 0.2) is 0 Å². The molecule has 8 heteroatoms. The van der Waals surface area contributed by atoms with Gasteiger partial charge in [0.05, 0.1) is 11.4 Å². The lowest BCUT2D eigenvalue weighted by Gasteiger charge is -2.34. The number of nitrogens with one attached hydrogen (secondary N) is 2. The monoisotopic (exact) mass is 490 g/mol. The number of carbonyl (C=O) groups excluding carboxylic acids is 3. The number of hydrogen-bond donors (Lipinski definition) is 2. The molecule has 1 aliphatic carbocycles. The molecule has 0 aliphatic heterocycles. The average molecular weight is 491 g/mol. The predicted octanol–water partition coefficient (Wildman–Crippen LogP) is 4.40. The summed E-state index contributed by atoms with van der Waals surface area (Å²) in [6, 6.07) is 13.7. The Morgan fingerprint density at radius 3 is 2.46 bits per heavy atom. The number of benzene rings is 1. The van der Waals surface area contributed by atoms with Gasteiger partial charge in [-0.2, -0.15) is 0 Å². The molecule has 2 N–H and O–H groups in total. The highest BCUT2D eigenvalue weighted by molar-refractivity contribution is 7.12. The minimum atomic E-state index is -0.896. The number of carbonyl (C=O) groups is 3. The number of aryl methyl sites for hydroxylation is 1. The van der Waals surface area contributed by atoms with E-state index in [0.29, 0.717) is 16.1 Å². The Hall–Kier alpha value is -3.52. The zero-order valence-electron chi connectivity index (χ0n) is 19.8. The first-order chi connectivity index (χ1) is 17.0. The summed E-state index contributed by atoms with van der Waals surface area (Å²) in [6.45, 7) is 1.67. The van der Waals surface area contributed by atoms with Gasteiger partial charge in [-0.25, -0.2) is 0 Å². The van der Waals surface area contributed by atoms with E-state index in [0.717, 1.165) is 31.2 Å². The van der Waals surface area contributed by atoms with Crippen LogP contribution >= 0.6 is 11.3 Å². The van der Waals surface area contributed by atoms with Crippen molar-refractivity contribution in [2.24, 2.45) is 0 Å². The number of para-hydroxylation sites is 1. The molecular weight excluding hydrogens is 460 g/mol. The van der Waals surface area contributed by atoms with Crippen LogP contribution in [0, 0.1) is 6.92 Å². The van der Waals surface area contributed by atoms with Gasteiger partial charge in [-0.3, -0.25) is 24.3 Å². The number of aromatic nitrogens is 1. The number of pyridine rings is 1. The molecule has 2 heterocycles. The van der Waals surface area contributed by atoms with E-state index in [-0.39, 0.29) is 30.3 Å². The van der Waals surface area contributed by atoms with Crippen molar-refractivity contribution >= 4 is 34.7 Å². The van der Waals surface area contributed by atoms with Crippen molar-refractivity contribution < 1.29 is 14.4 Å². The van der Waals surface area contributed by atoms with Crippen molar-refractivity contribution in [3.63, 3.8) is 0 Å². The van der Waals surface area contributed by atoms with Gasteiger partial charge in [0, 0.05) is 24.1 Å². The minimum Gasteiger partial charge on any atom is -0.351 e. The second-order valence-corrected chi connectivity index (χ2v) is 9.68. The third-order valence-electron chi connectivity index (χ3n) is 6.27. The van der Waals surface area contributed by atoms with Crippen LogP contribution in [0.1, 0.15) is 58.9 Å². The van der Waals surface area contributed by atoms with Gasteiger partial charge in [-0.15, -0.1) is 11.3 Å². The Morgan fingerprint density at radius 1 is 1.03 bits per heavy atom. The van der Waals surface area contributed by atoms with Crippen LogP contribution in [0.15, 0.2) is 66.3 Å². The maximum atomic E-state index is 13.8. The highest BCUT2D eigenvalue weighted by Crippen LogP contribution is 2.31. The van der Waals surface area contributed by atoms with Crippen LogP contribution in [0.25, 0.3) is 0 Å². The van der Waals surface area contributed by atoms with Crippen LogP contribution < -0.4 is 15.5 Å². The van der Waals surface area contributed by atoms with E-state index in [4.69, 9.17) is 0 Å². The highest BCUT2D eigenvalue weighted by atomic mass is 32.1. The molecule has 1 atom stereocenters. The summed E-state index contributed by atoms with van der Waals surface area (Å²) in [5.41, 5.74) is 2.15. The molecule has 7 nitrogen and oxygen atoms in total. The number of hydrogen-bond acceptors (Lipinski definition) is 5. The van der Waals surface area contributed by atoms with Crippen LogP contribution in [-0.2, 0) is 9.59 Å². The van der Waals surface area contributed by atoms with E-state index in [2.05, 4.69) is 15.6 Å². The molecule has 1 saturated carbocycles. The molecule has 3 aromatic rings. The molecule has 0 saturated heterocycles. The summed E-state index contributed by atoms with van der Waals surface area (Å²) in [5, 5.41) is 7.72. The molecule has 1 fully saturated rings. The van der Waals surface area contributed by atoms with Gasteiger partial charge < -0.3 is 10.6 Å². The maximum absolute atomic E-state index is 13.8. The van der Waals surface area contributed by atoms with Gasteiger partial charge in [-0.05, 0) is 60.5 Å². The number of anilines is 1. The summed E-state index contributed by atoms with van der Waals surface area (Å²) < 4.78 is 0. The van der Waals surface area contributed by atoms with Crippen LogP contribution in [0.4, 0.5) is 5.69 Å². The quantitative estimate of drug-likeness (QED) is 0.490. The van der Waals surface area contributed by atoms with Crippen LogP contribution in [-0.4, -0.2) is 35.3 Å². The van der Waals surface area contributed by atoms with E-state index in [1.54, 1.807) is 36.7 Å². The lowest BCUT2D eigenvalue weighted by molar-refractivity contribution is -0.127. The molecular formula is C27H30N4O3S. The summed E-state index contributed by atoms with van der Waals surface area (Å²) >= 11 is 1.31. The molecule has 1 unspecified atom stereocenters. The van der Waals surface area contributed by atoms with Crippen molar-refractivity contribution in [2.45, 2.75) is 51.1 Å². The molecule has 0 bridgehead atoms. The Bertz CT molecular complexity index is 1140. The largest absolute Gasteiger partial charge is 0.351 e. The third-order valence-corrected chi connectivity index (χ3v) is 7.14. The van der Waals surface area contributed by atoms with E-state index in [1.807, 2.05) is 36.6 Å². The van der Waals surface area contributed by atoms with Crippen LogP contribution in [0.2, 0.25) is 0 Å². The third kappa shape index (κ3) is 6.14. The highest BCUT2D eigenvalue weighted by Gasteiger charge is 2.34. The van der Waals surface area contributed by atoms with Gasteiger partial charge in [0.25, 0.3) is 5.91 Å². The smallest absolute Gasteiger partial charge is 0.261 e. The van der Waals surface area contributed by atoms with E-state index >= 15 is 0 Å². The standard InChI is InChI=1S/C27H30N4O3S/c1-19-8-5-6-11-22(19)31(24(32)18-29-26(33)23-12-7-17-35-23)25(20-13-15-28-16-14-20)27(34)30-21-9-3-2-4-10-21/h5-8,11-17,21,25H,2-4,9-10,18H2,1H3,(H,29,33)(H,30,34). The molecule has 0 radical (unpaired) electrons. The Labute approximate surface area is 209 Å². The Balaban J connectivity index is 1.67. The zero-order valence-corrected chi connectivity index (χ0v) is 20.6. The normalized spacial score (nSPS) is 14.7. The molecule has 1 aliphatic rings. The Kier molecular flexibility index (Phi) is 8.26. The first kappa shape index (κ1) is 24.6. The second kappa shape index (κ2) is 11.8. The molecule has 2 aromatic heterocycles. The van der Waals surface area contributed by atoms with Crippen molar-refractivity contribution in [3.05, 3.63) is 82.3 Å². The molecule has 4 rings (SSSR count). The van der Waals surface area contributed by atoms with Gasteiger partial charge in [0.1, 0.15) is 6.04 Å². The zero-order chi connectivity index (χ0) is 24.6. The number of nitrogens with zero attached hydrogens (tertiary/aromatic N) is 2. The van der Waals surface area contributed by atoms with E-state index in [1.165, 1.54) is 22.7 Å². The Morgan fingerprint density at radius 2 is 1.77 bits per heavy atom. The molecule has 1 aromatic carbocycles. The average Bonchev–Trinajstić information content (AvgIpc) is 3.42. The SMILES string of the molecule is Cc1ccccc1N(C(=O)CNC(=O)c1cccs1)C(C(=O)NC1CCCCC1)c1ccncc1. The molecule has 0 spiro atoms. The number of rotatable bonds is 8. The number of thiophene rings is 1. The molecule has 35 heavy (non-hydrogen) atoms. The lowest BCUT2D eigenvalue weighted by atomic mass is 9.94. The van der Waals surface area contributed by atoms with Crippen molar-refractivity contribution in [3.8, 4) is 0 Å². The van der Waals surface area contributed by atoms with E-state index in [9.17, 15) is 14.4 Å². The fourth-order valence-corrected chi connectivity index (χ4v) is 5.12. The van der Waals surface area contributed by atoms with Crippen LogP contribution in [0.3, 0.4) is 0 Å². The topological polar surface area (TPSA) is 91.4 Å². The summed E-state index contributed by atoms with van der Waals surface area (Å²) in [5.74, 6) is -0.917. The molecule has 182 valence electrons. The summed E-state index contributed by atoms with van der Waals surface area (Å²) in [4.78, 5) is 46.1. The van der Waals surface area contributed by atoms with Crippen molar-refractivity contribution in [1.29, 1.82) is 0 Å². The first-order valence-corrected chi connectivity index (χ1v) is 12.8. The minimum absolute atomic E-state index is 0.0907. The van der Waals surface area contributed by atoms with Crippen molar-refractivity contribution in [2.75, 3.05) is 11.4 Å². The van der Waals surface area contributed by atoms with Gasteiger partial charge >= 0.3 is 0 Å². The second-order valence-electron chi connectivity index (χ2n) is 8.74. The van der Waals surface area contributed by atoms with Gasteiger partial charge in [-0.1, -0.05) is 43.5 Å². The number of amides is 3. The van der Waals surface area contributed by atoms with Crippen LogP contribution in [0.5, 0.6) is 0 Å². The van der Waals surface area contributed by atoms with Gasteiger partial charge in [0.2, 0.25) is 11.8 Å². The van der Waals surface area contributed by atoms with Crippen molar-refractivity contribution in [1.82, 2.24) is 15.6 Å². The molecule has 3 amide bonds. The first-order valence-electron chi connectivity index (χ1n) is 11.9. The summed E-state index contributed by atoms with van der Waals surface area (Å²) in [6.07, 6.45) is 8.45. The lowest BCUT2D eigenvalue weighted by Crippen LogP contribution is -2.50.